The van der Waals surface area contributed by atoms with Crippen LogP contribution in [0.4, 0.5) is 0 Å². The second kappa shape index (κ2) is 5.63. The molecule has 5 nitrogen and oxygen atoms in total. The molecule has 0 bridgehead atoms. The van der Waals surface area contributed by atoms with Gasteiger partial charge in [0.1, 0.15) is 0 Å². The minimum Gasteiger partial charge on any atom is -0.354 e. The molecule has 0 saturated carbocycles. The zero-order valence-electron chi connectivity index (χ0n) is 11.4. The minimum atomic E-state index is -0.0560. The molecule has 1 aromatic carbocycles. The SMILES string of the molecule is O=C1CCC(NC(=O)c2ccc3c(c2)CNCC3)CN1. The van der Waals surface area contributed by atoms with Gasteiger partial charge in [0.05, 0.1) is 0 Å². The number of nitrogens with one attached hydrogen (secondary N) is 3. The van der Waals surface area contributed by atoms with E-state index in [1.807, 2.05) is 18.2 Å². The van der Waals surface area contributed by atoms with Gasteiger partial charge in [-0.25, -0.2) is 0 Å². The third kappa shape index (κ3) is 2.82. The van der Waals surface area contributed by atoms with E-state index in [0.717, 1.165) is 19.5 Å². The smallest absolute Gasteiger partial charge is 0.251 e. The minimum absolute atomic E-state index is 0.0364. The summed E-state index contributed by atoms with van der Waals surface area (Å²) in [5.41, 5.74) is 3.23. The summed E-state index contributed by atoms with van der Waals surface area (Å²) in [5.74, 6) is 0.00914. The van der Waals surface area contributed by atoms with E-state index >= 15 is 0 Å². The molecular formula is C15H19N3O2. The van der Waals surface area contributed by atoms with Crippen molar-refractivity contribution < 1.29 is 9.59 Å². The lowest BCUT2D eigenvalue weighted by molar-refractivity contribution is -0.122. The lowest BCUT2D eigenvalue weighted by Crippen LogP contribution is -2.47. The predicted molar refractivity (Wildman–Crippen MR) is 75.4 cm³/mol. The van der Waals surface area contributed by atoms with Gasteiger partial charge in [-0.2, -0.15) is 0 Å². The highest BCUT2D eigenvalue weighted by Crippen LogP contribution is 2.16. The maximum Gasteiger partial charge on any atom is 0.251 e. The Morgan fingerprint density at radius 1 is 1.25 bits per heavy atom. The Morgan fingerprint density at radius 3 is 2.95 bits per heavy atom. The summed E-state index contributed by atoms with van der Waals surface area (Å²) in [6.45, 7) is 2.35. The Labute approximate surface area is 118 Å². The van der Waals surface area contributed by atoms with Gasteiger partial charge in [0.15, 0.2) is 0 Å². The van der Waals surface area contributed by atoms with Gasteiger partial charge in [-0.15, -0.1) is 0 Å². The summed E-state index contributed by atoms with van der Waals surface area (Å²) in [7, 11) is 0. The molecule has 20 heavy (non-hydrogen) atoms. The van der Waals surface area contributed by atoms with Crippen LogP contribution in [0.1, 0.15) is 34.3 Å². The van der Waals surface area contributed by atoms with Crippen molar-refractivity contribution >= 4 is 11.8 Å². The lowest BCUT2D eigenvalue weighted by Gasteiger charge is -2.24. The van der Waals surface area contributed by atoms with Crippen LogP contribution in [0.15, 0.2) is 18.2 Å². The number of piperidine rings is 1. The fraction of sp³-hybridized carbons (Fsp3) is 0.467. The normalized spacial score (nSPS) is 21.8. The molecule has 2 aliphatic heterocycles. The van der Waals surface area contributed by atoms with E-state index in [1.54, 1.807) is 0 Å². The van der Waals surface area contributed by atoms with Crippen LogP contribution in [0.5, 0.6) is 0 Å². The molecular weight excluding hydrogens is 254 g/mol. The van der Waals surface area contributed by atoms with Crippen molar-refractivity contribution in [2.45, 2.75) is 31.8 Å². The number of benzene rings is 1. The third-order valence-electron chi connectivity index (χ3n) is 3.96. The molecule has 1 atom stereocenters. The summed E-state index contributed by atoms with van der Waals surface area (Å²) < 4.78 is 0. The molecule has 1 fully saturated rings. The largest absolute Gasteiger partial charge is 0.354 e. The highest BCUT2D eigenvalue weighted by atomic mass is 16.2. The van der Waals surface area contributed by atoms with Crippen LogP contribution in [-0.4, -0.2) is 30.9 Å². The zero-order chi connectivity index (χ0) is 13.9. The molecule has 0 radical (unpaired) electrons. The number of rotatable bonds is 2. The van der Waals surface area contributed by atoms with Gasteiger partial charge in [-0.05, 0) is 42.6 Å². The first-order valence-electron chi connectivity index (χ1n) is 7.12. The summed E-state index contributed by atoms with van der Waals surface area (Å²) in [6, 6.07) is 5.95. The van der Waals surface area contributed by atoms with Crippen molar-refractivity contribution in [3.8, 4) is 0 Å². The number of hydrogen-bond acceptors (Lipinski definition) is 3. The fourth-order valence-electron chi connectivity index (χ4n) is 2.75. The molecule has 3 N–H and O–H groups in total. The second-order valence-electron chi connectivity index (χ2n) is 5.42. The Hall–Kier alpha value is -1.88. The molecule has 1 saturated heterocycles. The summed E-state index contributed by atoms with van der Waals surface area (Å²) in [6.07, 6.45) is 2.22. The molecule has 0 aliphatic carbocycles. The Kier molecular flexibility index (Phi) is 3.69. The summed E-state index contributed by atoms with van der Waals surface area (Å²) >= 11 is 0. The average molecular weight is 273 g/mol. The van der Waals surface area contributed by atoms with Crippen molar-refractivity contribution in [1.29, 1.82) is 0 Å². The van der Waals surface area contributed by atoms with Crippen LogP contribution < -0.4 is 16.0 Å². The number of carbonyl (C=O) groups excluding carboxylic acids is 2. The van der Waals surface area contributed by atoms with E-state index in [4.69, 9.17) is 0 Å². The van der Waals surface area contributed by atoms with Crippen molar-refractivity contribution in [2.24, 2.45) is 0 Å². The Bertz CT molecular complexity index is 532. The van der Waals surface area contributed by atoms with Crippen LogP contribution in [0.2, 0.25) is 0 Å². The van der Waals surface area contributed by atoms with Crippen molar-refractivity contribution in [2.75, 3.05) is 13.1 Å². The molecule has 2 amide bonds. The van der Waals surface area contributed by atoms with Gasteiger partial charge >= 0.3 is 0 Å². The molecule has 2 heterocycles. The first kappa shape index (κ1) is 13.1. The highest BCUT2D eigenvalue weighted by molar-refractivity contribution is 5.94. The first-order valence-corrected chi connectivity index (χ1v) is 7.12. The summed E-state index contributed by atoms with van der Waals surface area (Å²) in [4.78, 5) is 23.3. The molecule has 106 valence electrons. The first-order chi connectivity index (χ1) is 9.72. The van der Waals surface area contributed by atoms with Crippen molar-refractivity contribution in [1.82, 2.24) is 16.0 Å². The quantitative estimate of drug-likeness (QED) is 0.728. The van der Waals surface area contributed by atoms with Gasteiger partial charge in [-0.3, -0.25) is 9.59 Å². The number of hydrogen-bond donors (Lipinski definition) is 3. The maximum atomic E-state index is 12.2. The Balaban J connectivity index is 1.66. The van der Waals surface area contributed by atoms with Gasteiger partial charge in [0, 0.05) is 31.1 Å². The zero-order valence-corrected chi connectivity index (χ0v) is 11.4. The standard InChI is InChI=1S/C15H19N3O2/c19-14-4-3-13(9-17-14)18-15(20)11-2-1-10-5-6-16-8-12(10)7-11/h1-2,7,13,16H,3-6,8-9H2,(H,17,19)(H,18,20). The van der Waals surface area contributed by atoms with Gasteiger partial charge < -0.3 is 16.0 Å². The van der Waals surface area contributed by atoms with Crippen LogP contribution in [0, 0.1) is 0 Å². The third-order valence-corrected chi connectivity index (χ3v) is 3.96. The van der Waals surface area contributed by atoms with Crippen molar-refractivity contribution in [3.05, 3.63) is 34.9 Å². The fourth-order valence-corrected chi connectivity index (χ4v) is 2.75. The van der Waals surface area contributed by atoms with E-state index in [9.17, 15) is 9.59 Å². The molecule has 5 heteroatoms. The van der Waals surface area contributed by atoms with Crippen LogP contribution >= 0.6 is 0 Å². The van der Waals surface area contributed by atoms with Crippen LogP contribution in [-0.2, 0) is 17.8 Å². The van der Waals surface area contributed by atoms with E-state index in [2.05, 4.69) is 16.0 Å². The second-order valence-corrected chi connectivity index (χ2v) is 5.42. The highest BCUT2D eigenvalue weighted by Gasteiger charge is 2.20. The maximum absolute atomic E-state index is 12.2. The van der Waals surface area contributed by atoms with Gasteiger partial charge in [0.25, 0.3) is 5.91 Å². The monoisotopic (exact) mass is 273 g/mol. The molecule has 2 aliphatic rings. The molecule has 1 unspecified atom stereocenters. The number of amides is 2. The predicted octanol–water partition coefficient (Wildman–Crippen LogP) is 0.341. The molecule has 1 aromatic rings. The summed E-state index contributed by atoms with van der Waals surface area (Å²) in [5, 5.41) is 9.08. The van der Waals surface area contributed by atoms with Gasteiger partial charge in [0.2, 0.25) is 5.91 Å². The molecule has 0 aromatic heterocycles. The van der Waals surface area contributed by atoms with E-state index in [0.29, 0.717) is 24.9 Å². The van der Waals surface area contributed by atoms with E-state index in [1.165, 1.54) is 11.1 Å². The van der Waals surface area contributed by atoms with Crippen LogP contribution in [0.3, 0.4) is 0 Å². The average Bonchev–Trinajstić information content (AvgIpc) is 2.49. The Morgan fingerprint density at radius 2 is 2.15 bits per heavy atom. The molecule has 3 rings (SSSR count). The van der Waals surface area contributed by atoms with E-state index in [-0.39, 0.29) is 17.9 Å². The number of carbonyl (C=O) groups is 2. The van der Waals surface area contributed by atoms with Crippen LogP contribution in [0.25, 0.3) is 0 Å². The lowest BCUT2D eigenvalue weighted by atomic mass is 9.98. The van der Waals surface area contributed by atoms with E-state index < -0.39 is 0 Å². The number of fused-ring (bicyclic) bond motifs is 1. The molecule has 0 spiro atoms. The topological polar surface area (TPSA) is 70.2 Å². The van der Waals surface area contributed by atoms with Crippen molar-refractivity contribution in [3.63, 3.8) is 0 Å². The van der Waals surface area contributed by atoms with Gasteiger partial charge in [-0.1, -0.05) is 6.07 Å².